The first-order chi connectivity index (χ1) is 11.1. The zero-order valence-electron chi connectivity index (χ0n) is 12.8. The van der Waals surface area contributed by atoms with Crippen LogP contribution in [0.1, 0.15) is 0 Å². The average Bonchev–Trinajstić information content (AvgIpc) is 2.52. The lowest BCUT2D eigenvalue weighted by atomic mass is 10.0. The molecule has 2 aromatic carbocycles. The fourth-order valence-corrected chi connectivity index (χ4v) is 3.69. The Morgan fingerprint density at radius 1 is 0.708 bits per heavy atom. The van der Waals surface area contributed by atoms with Crippen LogP contribution in [0.5, 0.6) is 0 Å². The maximum atomic E-state index is 11.7. The Hall–Kier alpha value is -2.14. The van der Waals surface area contributed by atoms with E-state index < -0.39 is 30.0 Å². The van der Waals surface area contributed by atoms with E-state index in [2.05, 4.69) is 10.6 Å². The summed E-state index contributed by atoms with van der Waals surface area (Å²) in [6.45, 7) is 0. The molecule has 0 bridgehead atoms. The molecule has 24 heavy (non-hydrogen) atoms. The summed E-state index contributed by atoms with van der Waals surface area (Å²) in [7, 11) is -6.12. The molecule has 130 valence electrons. The highest BCUT2D eigenvalue weighted by atomic mass is 32.2. The summed E-state index contributed by atoms with van der Waals surface area (Å²) in [5, 5.41) is 5.46. The zero-order valence-corrected chi connectivity index (χ0v) is 14.4. The van der Waals surface area contributed by atoms with Crippen molar-refractivity contribution in [3.63, 3.8) is 0 Å². The molecule has 2 aromatic rings. The van der Waals surface area contributed by atoms with Gasteiger partial charge in [-0.1, -0.05) is 12.1 Å². The number of hydrogen-bond acceptors (Lipinski definition) is 6. The minimum absolute atomic E-state index is 0.0493. The van der Waals surface area contributed by atoms with Gasteiger partial charge in [0.1, 0.15) is 9.79 Å². The Kier molecular flexibility index (Phi) is 4.85. The van der Waals surface area contributed by atoms with E-state index in [-0.39, 0.29) is 11.1 Å². The predicted octanol–water partition coefficient (Wildman–Crippen LogP) is 1.93. The third kappa shape index (κ3) is 3.67. The summed E-state index contributed by atoms with van der Waals surface area (Å²) in [4.78, 5) is -0.951. The van der Waals surface area contributed by atoms with E-state index in [1.54, 1.807) is 14.1 Å². The van der Waals surface area contributed by atoms with E-state index in [0.717, 1.165) is 0 Å². The smallest absolute Gasteiger partial charge is 0.295 e. The Labute approximate surface area is 140 Å². The van der Waals surface area contributed by atoms with Crippen LogP contribution in [-0.2, 0) is 20.2 Å². The quantitative estimate of drug-likeness (QED) is 0.585. The van der Waals surface area contributed by atoms with Crippen LogP contribution in [0.15, 0.2) is 46.2 Å². The molecule has 4 N–H and O–H groups in total. The first-order valence-electron chi connectivity index (χ1n) is 6.67. The Morgan fingerprint density at radius 3 is 1.29 bits per heavy atom. The molecule has 0 aliphatic heterocycles. The summed E-state index contributed by atoms with van der Waals surface area (Å²) in [6.07, 6.45) is 0. The minimum Gasteiger partial charge on any atom is -0.388 e. The van der Waals surface area contributed by atoms with Crippen LogP contribution in [0, 0.1) is 0 Å². The van der Waals surface area contributed by atoms with Crippen molar-refractivity contribution < 1.29 is 25.9 Å². The van der Waals surface area contributed by atoms with Gasteiger partial charge >= 0.3 is 0 Å². The summed E-state index contributed by atoms with van der Waals surface area (Å²) in [5.41, 5.74) is 0.719. The second-order valence-electron chi connectivity index (χ2n) is 4.87. The van der Waals surface area contributed by atoms with Gasteiger partial charge in [0.2, 0.25) is 0 Å². The van der Waals surface area contributed by atoms with Crippen molar-refractivity contribution in [1.29, 1.82) is 0 Å². The van der Waals surface area contributed by atoms with Crippen LogP contribution in [-0.4, -0.2) is 40.0 Å². The van der Waals surface area contributed by atoms with Gasteiger partial charge in [-0.3, -0.25) is 9.11 Å². The standard InChI is InChI=1S/C14H16N2O6S2/c1-15-9-3-5-11(13(7-9)23(17,18)19)12-6-4-10(16-2)8-14(12)24(20,21)22/h3-8,15-16H,1-2H3,(H,17,18,19)(H,20,21,22). The second kappa shape index (κ2) is 6.40. The molecular weight excluding hydrogens is 356 g/mol. The van der Waals surface area contributed by atoms with E-state index in [9.17, 15) is 25.9 Å². The molecule has 0 saturated carbocycles. The van der Waals surface area contributed by atoms with Crippen molar-refractivity contribution in [3.05, 3.63) is 36.4 Å². The van der Waals surface area contributed by atoms with Crippen LogP contribution >= 0.6 is 0 Å². The van der Waals surface area contributed by atoms with Gasteiger partial charge in [0.15, 0.2) is 0 Å². The van der Waals surface area contributed by atoms with Gasteiger partial charge in [-0.05, 0) is 24.3 Å². The highest BCUT2D eigenvalue weighted by Gasteiger charge is 2.23. The molecular formula is C14H16N2O6S2. The highest BCUT2D eigenvalue weighted by molar-refractivity contribution is 7.86. The van der Waals surface area contributed by atoms with Crippen molar-refractivity contribution in [2.45, 2.75) is 9.79 Å². The Morgan fingerprint density at radius 2 is 1.04 bits per heavy atom. The summed E-state index contributed by atoms with van der Waals surface area (Å²) >= 11 is 0. The molecule has 0 spiro atoms. The van der Waals surface area contributed by atoms with E-state index in [1.165, 1.54) is 36.4 Å². The first kappa shape index (κ1) is 18.2. The maximum absolute atomic E-state index is 11.7. The van der Waals surface area contributed by atoms with E-state index in [4.69, 9.17) is 0 Å². The summed E-state index contributed by atoms with van der Waals surface area (Å²) in [5.74, 6) is 0. The molecule has 0 radical (unpaired) electrons. The lowest BCUT2D eigenvalue weighted by molar-refractivity contribution is 0.480. The van der Waals surface area contributed by atoms with E-state index >= 15 is 0 Å². The number of rotatable bonds is 5. The van der Waals surface area contributed by atoms with Crippen molar-refractivity contribution >= 4 is 31.6 Å². The van der Waals surface area contributed by atoms with Gasteiger partial charge in [-0.15, -0.1) is 0 Å². The Balaban J connectivity index is 2.87. The van der Waals surface area contributed by atoms with Gasteiger partial charge in [-0.2, -0.15) is 16.8 Å². The molecule has 0 amide bonds. The molecule has 2 rings (SSSR count). The number of benzene rings is 2. The van der Waals surface area contributed by atoms with Gasteiger partial charge < -0.3 is 10.6 Å². The molecule has 0 heterocycles. The monoisotopic (exact) mass is 372 g/mol. The number of anilines is 2. The van der Waals surface area contributed by atoms with Crippen LogP contribution in [0.25, 0.3) is 11.1 Å². The fraction of sp³-hybridized carbons (Fsp3) is 0.143. The van der Waals surface area contributed by atoms with Crippen LogP contribution < -0.4 is 10.6 Å². The third-order valence-corrected chi connectivity index (χ3v) is 5.17. The lowest BCUT2D eigenvalue weighted by Crippen LogP contribution is -2.06. The normalized spacial score (nSPS) is 12.0. The van der Waals surface area contributed by atoms with Crippen molar-refractivity contribution in [2.24, 2.45) is 0 Å². The van der Waals surface area contributed by atoms with Crippen LogP contribution in [0.3, 0.4) is 0 Å². The molecule has 10 heteroatoms. The first-order valence-corrected chi connectivity index (χ1v) is 9.55. The van der Waals surface area contributed by atoms with Gasteiger partial charge in [0.25, 0.3) is 20.2 Å². The average molecular weight is 372 g/mol. The molecule has 0 unspecified atom stereocenters. The molecule has 0 saturated heterocycles. The van der Waals surface area contributed by atoms with Gasteiger partial charge in [0.05, 0.1) is 0 Å². The largest absolute Gasteiger partial charge is 0.388 e. The van der Waals surface area contributed by atoms with Crippen molar-refractivity contribution in [2.75, 3.05) is 24.7 Å². The van der Waals surface area contributed by atoms with Crippen molar-refractivity contribution in [1.82, 2.24) is 0 Å². The highest BCUT2D eigenvalue weighted by Crippen LogP contribution is 2.35. The molecule has 0 aliphatic rings. The number of hydrogen-bond donors (Lipinski definition) is 4. The summed E-state index contributed by atoms with van der Waals surface area (Å²) < 4.78 is 65.7. The van der Waals surface area contributed by atoms with Gasteiger partial charge in [-0.25, -0.2) is 0 Å². The van der Waals surface area contributed by atoms with Crippen LogP contribution in [0.2, 0.25) is 0 Å². The fourth-order valence-electron chi connectivity index (χ4n) is 2.23. The predicted molar refractivity (Wildman–Crippen MR) is 90.6 cm³/mol. The lowest BCUT2D eigenvalue weighted by Gasteiger charge is -2.14. The maximum Gasteiger partial charge on any atom is 0.295 e. The topological polar surface area (TPSA) is 133 Å². The third-order valence-electron chi connectivity index (χ3n) is 3.39. The van der Waals surface area contributed by atoms with Crippen LogP contribution in [0.4, 0.5) is 11.4 Å². The summed E-state index contributed by atoms with van der Waals surface area (Å²) in [6, 6.07) is 8.07. The van der Waals surface area contributed by atoms with E-state index in [0.29, 0.717) is 11.4 Å². The molecule has 0 atom stereocenters. The van der Waals surface area contributed by atoms with E-state index in [1.807, 2.05) is 0 Å². The Bertz CT molecular complexity index is 903. The zero-order chi connectivity index (χ0) is 18.1. The molecule has 0 aromatic heterocycles. The number of nitrogens with one attached hydrogen (secondary N) is 2. The molecule has 0 fully saturated rings. The minimum atomic E-state index is -4.62. The van der Waals surface area contributed by atoms with Crippen molar-refractivity contribution in [3.8, 4) is 11.1 Å². The molecule has 0 aliphatic carbocycles. The SMILES string of the molecule is CNc1ccc(-c2ccc(NC)cc2S(=O)(=O)O)c(S(=O)(=O)O)c1. The molecule has 8 nitrogen and oxygen atoms in total. The van der Waals surface area contributed by atoms with Gasteiger partial charge in [0, 0.05) is 36.6 Å². The second-order valence-corrected chi connectivity index (χ2v) is 7.65.